The lowest BCUT2D eigenvalue weighted by Gasteiger charge is -2.54. The molecule has 0 aromatic heterocycles. The average molecular weight is 203 g/mol. The zero-order valence-corrected chi connectivity index (χ0v) is 9.12. The van der Waals surface area contributed by atoms with Crippen molar-refractivity contribution in [2.45, 2.75) is 37.3 Å². The van der Waals surface area contributed by atoms with E-state index in [2.05, 4.69) is 29.6 Å². The number of ether oxygens (including phenoxy) is 1. The van der Waals surface area contributed by atoms with Crippen LogP contribution in [-0.2, 0) is 5.54 Å². The molecule has 1 aliphatic carbocycles. The molecule has 2 heteroatoms. The van der Waals surface area contributed by atoms with Gasteiger partial charge in [0.2, 0.25) is 0 Å². The zero-order valence-electron chi connectivity index (χ0n) is 9.12. The van der Waals surface area contributed by atoms with Gasteiger partial charge in [0.05, 0.1) is 7.11 Å². The van der Waals surface area contributed by atoms with Gasteiger partial charge in [-0.3, -0.25) is 0 Å². The maximum atomic E-state index is 5.18. The third-order valence-electron chi connectivity index (χ3n) is 3.87. The summed E-state index contributed by atoms with van der Waals surface area (Å²) in [6, 6.07) is 9.31. The number of hydrogen-bond donors (Lipinski definition) is 1. The summed E-state index contributed by atoms with van der Waals surface area (Å²) in [5, 5.41) is 3.71. The van der Waals surface area contributed by atoms with E-state index in [4.69, 9.17) is 4.74 Å². The summed E-state index contributed by atoms with van der Waals surface area (Å²) in [4.78, 5) is 0. The lowest BCUT2D eigenvalue weighted by Crippen LogP contribution is -2.63. The van der Waals surface area contributed by atoms with Gasteiger partial charge in [0.15, 0.2) is 0 Å². The Balaban J connectivity index is 1.86. The summed E-state index contributed by atoms with van der Waals surface area (Å²) in [6.07, 6.45) is 5.33. The fourth-order valence-corrected chi connectivity index (χ4v) is 3.04. The van der Waals surface area contributed by atoms with Crippen molar-refractivity contribution in [1.29, 1.82) is 0 Å². The summed E-state index contributed by atoms with van der Waals surface area (Å²) < 4.78 is 5.18. The summed E-state index contributed by atoms with van der Waals surface area (Å²) in [5.41, 5.74) is 1.73. The second kappa shape index (κ2) is 3.24. The second-order valence-corrected chi connectivity index (χ2v) is 4.75. The Kier molecular flexibility index (Phi) is 1.99. The van der Waals surface area contributed by atoms with Crippen molar-refractivity contribution in [2.75, 3.05) is 7.11 Å². The maximum absolute atomic E-state index is 5.18. The van der Waals surface area contributed by atoms with E-state index in [0.29, 0.717) is 5.54 Å². The molecule has 2 heterocycles. The Hall–Kier alpha value is -1.02. The first-order chi connectivity index (χ1) is 7.32. The maximum Gasteiger partial charge on any atom is 0.118 e. The molecule has 0 spiro atoms. The monoisotopic (exact) mass is 203 g/mol. The van der Waals surface area contributed by atoms with Crippen LogP contribution in [0.3, 0.4) is 0 Å². The molecule has 4 rings (SSSR count). The molecule has 1 aromatic carbocycles. The topological polar surface area (TPSA) is 21.3 Å². The number of methoxy groups -OCH3 is 1. The molecule has 2 aliphatic heterocycles. The Morgan fingerprint density at radius 3 is 2.60 bits per heavy atom. The number of rotatable bonds is 2. The van der Waals surface area contributed by atoms with Gasteiger partial charge in [0.25, 0.3) is 0 Å². The van der Waals surface area contributed by atoms with Crippen LogP contribution in [0.15, 0.2) is 24.3 Å². The quantitative estimate of drug-likeness (QED) is 0.797. The van der Waals surface area contributed by atoms with Crippen LogP contribution < -0.4 is 10.1 Å². The Morgan fingerprint density at radius 2 is 2.07 bits per heavy atom. The molecule has 0 radical (unpaired) electrons. The van der Waals surface area contributed by atoms with Crippen LogP contribution in [-0.4, -0.2) is 13.2 Å². The van der Waals surface area contributed by atoms with Gasteiger partial charge in [0.1, 0.15) is 5.75 Å². The first-order valence-electron chi connectivity index (χ1n) is 5.75. The third-order valence-corrected chi connectivity index (χ3v) is 3.87. The van der Waals surface area contributed by atoms with Crippen molar-refractivity contribution >= 4 is 0 Å². The SMILES string of the molecule is COc1ccc(C23CCCC(C2)N3)cc1. The zero-order chi connectivity index (χ0) is 10.3. The van der Waals surface area contributed by atoms with Gasteiger partial charge in [-0.05, 0) is 43.4 Å². The number of benzene rings is 1. The molecule has 1 N–H and O–H groups in total. The number of hydrogen-bond acceptors (Lipinski definition) is 2. The lowest BCUT2D eigenvalue weighted by atomic mass is 9.67. The largest absolute Gasteiger partial charge is 0.497 e. The van der Waals surface area contributed by atoms with Crippen LogP contribution in [0, 0.1) is 0 Å². The average Bonchev–Trinajstić information content (AvgIpc) is 2.29. The molecule has 1 saturated carbocycles. The molecule has 2 nitrogen and oxygen atoms in total. The van der Waals surface area contributed by atoms with Gasteiger partial charge < -0.3 is 10.1 Å². The van der Waals surface area contributed by atoms with Gasteiger partial charge in [-0.2, -0.15) is 0 Å². The lowest BCUT2D eigenvalue weighted by molar-refractivity contribution is 0.0688. The highest BCUT2D eigenvalue weighted by Crippen LogP contribution is 2.45. The normalized spacial score (nSPS) is 33.3. The van der Waals surface area contributed by atoms with Crippen LogP contribution in [0.5, 0.6) is 5.75 Å². The molecule has 1 aromatic rings. The van der Waals surface area contributed by atoms with Crippen molar-refractivity contribution in [3.05, 3.63) is 29.8 Å². The molecule has 80 valence electrons. The van der Waals surface area contributed by atoms with E-state index in [-0.39, 0.29) is 0 Å². The minimum absolute atomic E-state index is 0.301. The number of piperidine rings is 1. The molecule has 3 fully saturated rings. The summed E-state index contributed by atoms with van der Waals surface area (Å²) in [6.45, 7) is 0. The number of fused-ring (bicyclic) bond motifs is 2. The van der Waals surface area contributed by atoms with Gasteiger partial charge in [-0.15, -0.1) is 0 Å². The van der Waals surface area contributed by atoms with E-state index in [1.54, 1.807) is 7.11 Å². The van der Waals surface area contributed by atoms with Gasteiger partial charge in [-0.25, -0.2) is 0 Å². The molecular weight excluding hydrogens is 186 g/mol. The van der Waals surface area contributed by atoms with E-state index >= 15 is 0 Å². The van der Waals surface area contributed by atoms with Crippen LogP contribution in [0.1, 0.15) is 31.2 Å². The van der Waals surface area contributed by atoms with Crippen molar-refractivity contribution < 1.29 is 4.74 Å². The predicted molar refractivity (Wildman–Crippen MR) is 60.1 cm³/mol. The van der Waals surface area contributed by atoms with E-state index in [1.807, 2.05) is 0 Å². The highest BCUT2D eigenvalue weighted by Gasteiger charge is 2.47. The molecule has 2 saturated heterocycles. The van der Waals surface area contributed by atoms with Crippen LogP contribution in [0.4, 0.5) is 0 Å². The Bertz CT molecular complexity index is 346. The molecule has 2 bridgehead atoms. The fourth-order valence-electron chi connectivity index (χ4n) is 3.04. The molecule has 3 aliphatic rings. The first-order valence-corrected chi connectivity index (χ1v) is 5.75. The van der Waals surface area contributed by atoms with Crippen molar-refractivity contribution in [2.24, 2.45) is 0 Å². The molecule has 0 amide bonds. The van der Waals surface area contributed by atoms with Crippen molar-refractivity contribution in [3.63, 3.8) is 0 Å². The van der Waals surface area contributed by atoms with Gasteiger partial charge >= 0.3 is 0 Å². The van der Waals surface area contributed by atoms with Gasteiger partial charge in [0, 0.05) is 11.6 Å². The van der Waals surface area contributed by atoms with E-state index in [0.717, 1.165) is 11.8 Å². The fraction of sp³-hybridized carbons (Fsp3) is 0.538. The van der Waals surface area contributed by atoms with Crippen LogP contribution in [0.25, 0.3) is 0 Å². The van der Waals surface area contributed by atoms with Crippen molar-refractivity contribution in [3.8, 4) is 5.75 Å². The summed E-state index contributed by atoms with van der Waals surface area (Å²) >= 11 is 0. The van der Waals surface area contributed by atoms with Crippen molar-refractivity contribution in [1.82, 2.24) is 5.32 Å². The Labute approximate surface area is 90.6 Å². The molecule has 15 heavy (non-hydrogen) atoms. The highest BCUT2D eigenvalue weighted by molar-refractivity contribution is 5.34. The number of nitrogens with one attached hydrogen (secondary N) is 1. The van der Waals surface area contributed by atoms with Crippen LogP contribution >= 0.6 is 0 Å². The minimum atomic E-state index is 0.301. The highest BCUT2D eigenvalue weighted by atomic mass is 16.5. The van der Waals surface area contributed by atoms with Gasteiger partial charge in [-0.1, -0.05) is 12.1 Å². The standard InChI is InChI=1S/C13H17NO/c1-15-12-6-4-10(5-7-12)13-8-2-3-11(9-13)14-13/h4-7,11,14H,2-3,8-9H2,1H3. The van der Waals surface area contributed by atoms with E-state index in [1.165, 1.54) is 31.2 Å². The first kappa shape index (κ1) is 9.22. The van der Waals surface area contributed by atoms with E-state index < -0.39 is 0 Å². The summed E-state index contributed by atoms with van der Waals surface area (Å²) in [5.74, 6) is 0.946. The third kappa shape index (κ3) is 1.36. The molecular formula is C13H17NO. The second-order valence-electron chi connectivity index (χ2n) is 4.75. The Morgan fingerprint density at radius 1 is 1.33 bits per heavy atom. The smallest absolute Gasteiger partial charge is 0.118 e. The summed E-state index contributed by atoms with van der Waals surface area (Å²) in [7, 11) is 1.71. The minimum Gasteiger partial charge on any atom is -0.497 e. The predicted octanol–water partition coefficient (Wildman–Crippen LogP) is 2.44. The van der Waals surface area contributed by atoms with Crippen LogP contribution in [0.2, 0.25) is 0 Å². The molecule has 2 unspecified atom stereocenters. The molecule has 2 atom stereocenters. The van der Waals surface area contributed by atoms with E-state index in [9.17, 15) is 0 Å².